The Morgan fingerprint density at radius 3 is 2.90 bits per heavy atom. The second-order valence-corrected chi connectivity index (χ2v) is 9.87. The van der Waals surface area contributed by atoms with E-state index in [1.54, 1.807) is 41.3 Å². The van der Waals surface area contributed by atoms with E-state index in [1.807, 2.05) is 0 Å². The molecule has 10 heteroatoms. The van der Waals surface area contributed by atoms with E-state index in [0.717, 1.165) is 29.5 Å². The molecule has 0 aliphatic heterocycles. The molecule has 2 heterocycles. The molecule has 1 aliphatic rings. The number of aromatic amines is 1. The monoisotopic (exact) mass is 476 g/mol. The second-order valence-electron chi connectivity index (χ2n) is 7.28. The number of aromatic nitrogens is 2. The molecule has 2 aromatic heterocycles. The standard InChI is InChI=1S/C21H21ClN4O3S2/c1-11(27)23-15-6-5-12(9-14(15)22)24-18(28)7-8-30-10-17-25-20(29)19-13-3-2-4-16(13)31-21(19)26-17/h5-6,9H,2-4,7-8,10H2,1H3,(H,23,27)(H,24,28)(H,25,26,29). The number of anilines is 2. The van der Waals surface area contributed by atoms with Gasteiger partial charge < -0.3 is 15.6 Å². The third-order valence-electron chi connectivity index (χ3n) is 4.90. The summed E-state index contributed by atoms with van der Waals surface area (Å²) in [7, 11) is 0. The Balaban J connectivity index is 1.28. The van der Waals surface area contributed by atoms with Crippen molar-refractivity contribution in [1.29, 1.82) is 0 Å². The Labute approximate surface area is 192 Å². The molecule has 0 unspecified atom stereocenters. The normalized spacial score (nSPS) is 12.7. The van der Waals surface area contributed by atoms with E-state index in [4.69, 9.17) is 11.6 Å². The summed E-state index contributed by atoms with van der Waals surface area (Å²) in [6.45, 7) is 1.40. The molecule has 31 heavy (non-hydrogen) atoms. The van der Waals surface area contributed by atoms with Gasteiger partial charge in [-0.15, -0.1) is 11.3 Å². The number of hydrogen-bond acceptors (Lipinski definition) is 6. The molecule has 2 amide bonds. The van der Waals surface area contributed by atoms with Crippen LogP contribution in [-0.4, -0.2) is 27.5 Å². The average Bonchev–Trinajstić information content (AvgIpc) is 3.28. The number of rotatable bonds is 7. The fourth-order valence-electron chi connectivity index (χ4n) is 3.56. The number of nitrogens with zero attached hydrogens (tertiary/aromatic N) is 1. The highest BCUT2D eigenvalue weighted by Crippen LogP contribution is 2.34. The summed E-state index contributed by atoms with van der Waals surface area (Å²) in [6, 6.07) is 4.93. The molecule has 3 aromatic rings. The van der Waals surface area contributed by atoms with Gasteiger partial charge in [0.25, 0.3) is 5.56 Å². The zero-order chi connectivity index (χ0) is 22.0. The topological polar surface area (TPSA) is 104 Å². The van der Waals surface area contributed by atoms with Crippen LogP contribution in [-0.2, 0) is 28.2 Å². The number of hydrogen-bond donors (Lipinski definition) is 3. The van der Waals surface area contributed by atoms with Gasteiger partial charge in [0.05, 0.1) is 21.8 Å². The first-order valence-corrected chi connectivity index (χ1v) is 12.2. The fraction of sp³-hybridized carbons (Fsp3) is 0.333. The lowest BCUT2D eigenvalue weighted by Gasteiger charge is -2.09. The molecular formula is C21H21ClN4O3S2. The maximum Gasteiger partial charge on any atom is 0.259 e. The van der Waals surface area contributed by atoms with Crippen LogP contribution in [0.15, 0.2) is 23.0 Å². The molecule has 7 nitrogen and oxygen atoms in total. The minimum absolute atomic E-state index is 0.0580. The molecule has 0 bridgehead atoms. The largest absolute Gasteiger partial charge is 0.326 e. The number of benzene rings is 1. The predicted molar refractivity (Wildman–Crippen MR) is 127 cm³/mol. The number of thioether (sulfide) groups is 1. The van der Waals surface area contributed by atoms with Crippen LogP contribution in [0.25, 0.3) is 10.2 Å². The van der Waals surface area contributed by atoms with Crippen LogP contribution in [0.2, 0.25) is 5.02 Å². The van der Waals surface area contributed by atoms with Crippen molar-refractivity contribution < 1.29 is 9.59 Å². The van der Waals surface area contributed by atoms with Crippen molar-refractivity contribution in [3.63, 3.8) is 0 Å². The van der Waals surface area contributed by atoms with E-state index in [1.165, 1.54) is 17.4 Å². The van der Waals surface area contributed by atoms with Crippen molar-refractivity contribution in [2.24, 2.45) is 0 Å². The molecule has 0 fully saturated rings. The van der Waals surface area contributed by atoms with Crippen LogP contribution in [0.1, 0.15) is 36.0 Å². The van der Waals surface area contributed by atoms with Crippen molar-refractivity contribution in [2.75, 3.05) is 16.4 Å². The Bertz CT molecular complexity index is 1220. The summed E-state index contributed by atoms with van der Waals surface area (Å²) < 4.78 is 0. The van der Waals surface area contributed by atoms with Crippen molar-refractivity contribution in [3.8, 4) is 0 Å². The van der Waals surface area contributed by atoms with Crippen LogP contribution < -0.4 is 16.2 Å². The molecule has 0 radical (unpaired) electrons. The Morgan fingerprint density at radius 1 is 1.29 bits per heavy atom. The zero-order valence-electron chi connectivity index (χ0n) is 16.8. The number of nitrogens with one attached hydrogen (secondary N) is 3. The first-order valence-electron chi connectivity index (χ1n) is 9.89. The van der Waals surface area contributed by atoms with Gasteiger partial charge in [0.1, 0.15) is 10.7 Å². The first kappa shape index (κ1) is 21.9. The summed E-state index contributed by atoms with van der Waals surface area (Å²) >= 11 is 9.29. The molecule has 1 aliphatic carbocycles. The van der Waals surface area contributed by atoms with E-state index in [9.17, 15) is 14.4 Å². The van der Waals surface area contributed by atoms with Gasteiger partial charge in [-0.05, 0) is 43.0 Å². The zero-order valence-corrected chi connectivity index (χ0v) is 19.2. The summed E-state index contributed by atoms with van der Waals surface area (Å²) in [5, 5.41) is 6.53. The van der Waals surface area contributed by atoms with Gasteiger partial charge >= 0.3 is 0 Å². The molecule has 162 valence electrons. The van der Waals surface area contributed by atoms with Gasteiger partial charge in [-0.1, -0.05) is 11.6 Å². The highest BCUT2D eigenvalue weighted by atomic mass is 35.5. The molecule has 4 rings (SSSR count). The number of halogens is 1. The maximum atomic E-state index is 12.5. The summed E-state index contributed by atoms with van der Waals surface area (Å²) in [4.78, 5) is 45.4. The molecule has 0 spiro atoms. The lowest BCUT2D eigenvalue weighted by molar-refractivity contribution is -0.116. The quantitative estimate of drug-likeness (QED) is 0.440. The molecule has 3 N–H and O–H groups in total. The lowest BCUT2D eigenvalue weighted by atomic mass is 10.2. The van der Waals surface area contributed by atoms with Crippen molar-refractivity contribution in [2.45, 2.75) is 38.4 Å². The van der Waals surface area contributed by atoms with E-state index in [-0.39, 0.29) is 17.4 Å². The second kappa shape index (κ2) is 9.42. The van der Waals surface area contributed by atoms with Crippen molar-refractivity contribution >= 4 is 68.1 Å². The molecule has 0 saturated heterocycles. The molecule has 0 atom stereocenters. The van der Waals surface area contributed by atoms with Crippen LogP contribution >= 0.6 is 34.7 Å². The van der Waals surface area contributed by atoms with E-state index < -0.39 is 0 Å². The summed E-state index contributed by atoms with van der Waals surface area (Å²) in [5.74, 6) is 1.42. The molecule has 0 saturated carbocycles. The van der Waals surface area contributed by atoms with Crippen LogP contribution in [0.5, 0.6) is 0 Å². The number of H-pyrrole nitrogens is 1. The Hall–Kier alpha value is -2.36. The maximum absolute atomic E-state index is 12.5. The van der Waals surface area contributed by atoms with Crippen molar-refractivity contribution in [1.82, 2.24) is 9.97 Å². The SMILES string of the molecule is CC(=O)Nc1ccc(NC(=O)CCSCc2nc3sc4c(c3c(=O)[nH]2)CCC4)cc1Cl. The molecule has 1 aromatic carbocycles. The van der Waals surface area contributed by atoms with E-state index >= 15 is 0 Å². The third kappa shape index (κ3) is 5.11. The van der Waals surface area contributed by atoms with Gasteiger partial charge in [0, 0.05) is 29.7 Å². The fourth-order valence-corrected chi connectivity index (χ4v) is 5.87. The average molecular weight is 477 g/mol. The van der Waals surface area contributed by atoms with Crippen LogP contribution in [0.4, 0.5) is 11.4 Å². The summed E-state index contributed by atoms with van der Waals surface area (Å²) in [6.07, 6.45) is 3.43. The van der Waals surface area contributed by atoms with Crippen LogP contribution in [0.3, 0.4) is 0 Å². The number of carbonyl (C=O) groups excluding carboxylic acids is 2. The minimum Gasteiger partial charge on any atom is -0.326 e. The van der Waals surface area contributed by atoms with Gasteiger partial charge in [0.15, 0.2) is 0 Å². The summed E-state index contributed by atoms with van der Waals surface area (Å²) in [5.41, 5.74) is 2.18. The first-order chi connectivity index (χ1) is 14.9. The highest BCUT2D eigenvalue weighted by Gasteiger charge is 2.21. The number of fused-ring (bicyclic) bond motifs is 3. The lowest BCUT2D eigenvalue weighted by Crippen LogP contribution is -2.13. The number of amides is 2. The predicted octanol–water partition coefficient (Wildman–Crippen LogP) is 4.35. The van der Waals surface area contributed by atoms with Gasteiger partial charge in [-0.2, -0.15) is 11.8 Å². The van der Waals surface area contributed by atoms with Crippen LogP contribution in [0, 0.1) is 0 Å². The van der Waals surface area contributed by atoms with Gasteiger partial charge in [-0.3, -0.25) is 14.4 Å². The van der Waals surface area contributed by atoms with Gasteiger partial charge in [0.2, 0.25) is 11.8 Å². The number of carbonyl (C=O) groups is 2. The molecular weight excluding hydrogens is 456 g/mol. The van der Waals surface area contributed by atoms with E-state index in [2.05, 4.69) is 20.6 Å². The Kier molecular flexibility index (Phi) is 6.64. The minimum atomic E-state index is -0.214. The van der Waals surface area contributed by atoms with Gasteiger partial charge in [-0.25, -0.2) is 4.98 Å². The third-order valence-corrected chi connectivity index (χ3v) is 7.37. The van der Waals surface area contributed by atoms with Crippen molar-refractivity contribution in [3.05, 3.63) is 49.8 Å². The smallest absolute Gasteiger partial charge is 0.259 e. The highest BCUT2D eigenvalue weighted by molar-refractivity contribution is 7.98. The Morgan fingerprint density at radius 2 is 2.13 bits per heavy atom. The number of thiophene rings is 1. The number of aryl methyl sites for hydroxylation is 2. The van der Waals surface area contributed by atoms with E-state index in [0.29, 0.717) is 40.1 Å².